The van der Waals surface area contributed by atoms with E-state index >= 15 is 0 Å². The highest BCUT2D eigenvalue weighted by atomic mass is 14.1. The Balaban J connectivity index is 2.73. The molecule has 0 heterocycles. The zero-order valence-electron chi connectivity index (χ0n) is 6.56. The summed E-state index contributed by atoms with van der Waals surface area (Å²) in [6.45, 7) is 6.15. The molecule has 0 spiro atoms. The summed E-state index contributed by atoms with van der Waals surface area (Å²) in [5.41, 5.74) is 2.64. The zero-order chi connectivity index (χ0) is 7.40. The van der Waals surface area contributed by atoms with E-state index in [0.29, 0.717) is 0 Å². The topological polar surface area (TPSA) is 0 Å². The van der Waals surface area contributed by atoms with E-state index in [1.807, 2.05) is 0 Å². The van der Waals surface area contributed by atoms with E-state index in [1.165, 1.54) is 17.6 Å². The monoisotopic (exact) mass is 134 g/mol. The first kappa shape index (κ1) is 7.33. The molecule has 0 atom stereocenters. The molecule has 0 unspecified atom stereocenters. The Morgan fingerprint density at radius 3 is 3.10 bits per heavy atom. The van der Waals surface area contributed by atoms with Crippen LogP contribution in [-0.2, 0) is 0 Å². The van der Waals surface area contributed by atoms with E-state index < -0.39 is 0 Å². The van der Waals surface area contributed by atoms with E-state index in [0.717, 1.165) is 12.8 Å². The van der Waals surface area contributed by atoms with Crippen LogP contribution in [0.2, 0.25) is 0 Å². The average Bonchev–Trinajstić information content (AvgIpc) is 1.94. The number of allylic oxidation sites excluding steroid dienone is 5. The lowest BCUT2D eigenvalue weighted by atomic mass is 9.96. The molecule has 54 valence electrons. The van der Waals surface area contributed by atoms with Crippen LogP contribution in [-0.4, -0.2) is 0 Å². The largest absolute Gasteiger partial charge is 0.0952 e. The lowest BCUT2D eigenvalue weighted by Gasteiger charge is -2.09. The lowest BCUT2D eigenvalue weighted by Crippen LogP contribution is -1.90. The molecule has 0 saturated heterocycles. The summed E-state index contributed by atoms with van der Waals surface area (Å²) in [5, 5.41) is 0. The maximum atomic E-state index is 3.99. The van der Waals surface area contributed by atoms with Gasteiger partial charge in [-0.2, -0.15) is 0 Å². The zero-order valence-corrected chi connectivity index (χ0v) is 6.56. The normalized spacial score (nSPS) is 22.1. The molecule has 10 heavy (non-hydrogen) atoms. The van der Waals surface area contributed by atoms with Crippen molar-refractivity contribution in [3.05, 3.63) is 36.0 Å². The average molecular weight is 134 g/mol. The van der Waals surface area contributed by atoms with Gasteiger partial charge in [-0.3, -0.25) is 0 Å². The van der Waals surface area contributed by atoms with Crippen LogP contribution in [0.3, 0.4) is 0 Å². The molecule has 0 bridgehead atoms. The molecule has 1 rings (SSSR count). The van der Waals surface area contributed by atoms with Gasteiger partial charge in [-0.15, -0.1) is 0 Å². The van der Waals surface area contributed by atoms with E-state index in [9.17, 15) is 0 Å². The Morgan fingerprint density at radius 1 is 1.70 bits per heavy atom. The molecular formula is C10H14. The molecule has 0 saturated carbocycles. The molecule has 0 aromatic carbocycles. The van der Waals surface area contributed by atoms with Crippen LogP contribution in [0.5, 0.6) is 0 Å². The summed E-state index contributed by atoms with van der Waals surface area (Å²) >= 11 is 0. The standard InChI is InChI=1S/C10H14/c1-3-6-10-8-5-4-7-9(10)2/h5-6,8H,2-4,7H2,1H3/b10-6-. The van der Waals surface area contributed by atoms with Crippen molar-refractivity contribution < 1.29 is 0 Å². The maximum absolute atomic E-state index is 3.99. The van der Waals surface area contributed by atoms with Crippen LogP contribution in [0.1, 0.15) is 26.2 Å². The second kappa shape index (κ2) is 3.40. The van der Waals surface area contributed by atoms with E-state index in [4.69, 9.17) is 0 Å². The Bertz CT molecular complexity index is 182. The van der Waals surface area contributed by atoms with E-state index in [2.05, 4.69) is 31.7 Å². The third-order valence-electron chi connectivity index (χ3n) is 1.74. The fourth-order valence-corrected chi connectivity index (χ4v) is 1.16. The summed E-state index contributed by atoms with van der Waals surface area (Å²) < 4.78 is 0. The Kier molecular flexibility index (Phi) is 2.49. The van der Waals surface area contributed by atoms with Gasteiger partial charge in [0.15, 0.2) is 0 Å². The first-order chi connectivity index (χ1) is 4.84. The second-order valence-corrected chi connectivity index (χ2v) is 2.61. The molecule has 1 aliphatic rings. The predicted molar refractivity (Wildman–Crippen MR) is 45.9 cm³/mol. The van der Waals surface area contributed by atoms with Crippen LogP contribution in [0.15, 0.2) is 36.0 Å². The van der Waals surface area contributed by atoms with Gasteiger partial charge in [0, 0.05) is 0 Å². The summed E-state index contributed by atoms with van der Waals surface area (Å²) in [7, 11) is 0. The van der Waals surface area contributed by atoms with Gasteiger partial charge in [-0.05, 0) is 30.4 Å². The number of hydrogen-bond donors (Lipinski definition) is 0. The minimum absolute atomic E-state index is 1.11. The predicted octanol–water partition coefficient (Wildman–Crippen LogP) is 3.23. The van der Waals surface area contributed by atoms with Crippen molar-refractivity contribution >= 4 is 0 Å². The van der Waals surface area contributed by atoms with Gasteiger partial charge >= 0.3 is 0 Å². The van der Waals surface area contributed by atoms with Crippen LogP contribution >= 0.6 is 0 Å². The first-order valence-corrected chi connectivity index (χ1v) is 3.89. The molecule has 0 radical (unpaired) electrons. The number of rotatable bonds is 1. The summed E-state index contributed by atoms with van der Waals surface area (Å²) in [5.74, 6) is 0. The van der Waals surface area contributed by atoms with Gasteiger partial charge in [0.05, 0.1) is 0 Å². The molecule has 0 aliphatic heterocycles. The molecule has 0 nitrogen and oxygen atoms in total. The van der Waals surface area contributed by atoms with E-state index in [1.54, 1.807) is 0 Å². The van der Waals surface area contributed by atoms with Gasteiger partial charge in [-0.25, -0.2) is 0 Å². The molecule has 0 aromatic rings. The van der Waals surface area contributed by atoms with Gasteiger partial charge in [-0.1, -0.05) is 31.7 Å². The maximum Gasteiger partial charge on any atom is -0.0244 e. The molecule has 1 aliphatic carbocycles. The van der Waals surface area contributed by atoms with Gasteiger partial charge in [0.25, 0.3) is 0 Å². The second-order valence-electron chi connectivity index (χ2n) is 2.61. The highest BCUT2D eigenvalue weighted by Gasteiger charge is 2.01. The minimum Gasteiger partial charge on any atom is -0.0952 e. The molecule has 0 heteroatoms. The van der Waals surface area contributed by atoms with Crippen molar-refractivity contribution in [3.63, 3.8) is 0 Å². The third-order valence-corrected chi connectivity index (χ3v) is 1.74. The Hall–Kier alpha value is -0.780. The van der Waals surface area contributed by atoms with Crippen LogP contribution in [0, 0.1) is 0 Å². The van der Waals surface area contributed by atoms with Crippen molar-refractivity contribution in [1.82, 2.24) is 0 Å². The van der Waals surface area contributed by atoms with Crippen molar-refractivity contribution in [2.24, 2.45) is 0 Å². The molecule has 0 fully saturated rings. The summed E-state index contributed by atoms with van der Waals surface area (Å²) in [6.07, 6.45) is 10.0. The van der Waals surface area contributed by atoms with Crippen LogP contribution < -0.4 is 0 Å². The third kappa shape index (κ3) is 1.60. The smallest absolute Gasteiger partial charge is 0.0244 e. The molecule has 0 amide bonds. The Morgan fingerprint density at radius 2 is 2.50 bits per heavy atom. The lowest BCUT2D eigenvalue weighted by molar-refractivity contribution is 0.967. The highest BCUT2D eigenvalue weighted by molar-refractivity contribution is 5.40. The minimum atomic E-state index is 1.11. The van der Waals surface area contributed by atoms with Gasteiger partial charge in [0.2, 0.25) is 0 Å². The summed E-state index contributed by atoms with van der Waals surface area (Å²) in [6, 6.07) is 0. The summed E-state index contributed by atoms with van der Waals surface area (Å²) in [4.78, 5) is 0. The first-order valence-electron chi connectivity index (χ1n) is 3.89. The quantitative estimate of drug-likeness (QED) is 0.516. The molecule has 0 N–H and O–H groups in total. The van der Waals surface area contributed by atoms with Crippen LogP contribution in [0.4, 0.5) is 0 Å². The van der Waals surface area contributed by atoms with Crippen LogP contribution in [0.25, 0.3) is 0 Å². The van der Waals surface area contributed by atoms with Crippen molar-refractivity contribution in [2.45, 2.75) is 26.2 Å². The highest BCUT2D eigenvalue weighted by Crippen LogP contribution is 2.21. The fourth-order valence-electron chi connectivity index (χ4n) is 1.16. The number of hydrogen-bond acceptors (Lipinski definition) is 0. The Labute approximate surface area is 62.9 Å². The van der Waals surface area contributed by atoms with Crippen molar-refractivity contribution in [1.29, 1.82) is 0 Å². The molecule has 0 aromatic heterocycles. The molecular weight excluding hydrogens is 120 g/mol. The van der Waals surface area contributed by atoms with E-state index in [-0.39, 0.29) is 0 Å². The fraction of sp³-hybridized carbons (Fsp3) is 0.400. The van der Waals surface area contributed by atoms with Gasteiger partial charge < -0.3 is 0 Å². The van der Waals surface area contributed by atoms with Gasteiger partial charge in [0.1, 0.15) is 0 Å². The van der Waals surface area contributed by atoms with Crippen molar-refractivity contribution in [3.8, 4) is 0 Å². The van der Waals surface area contributed by atoms with Crippen molar-refractivity contribution in [2.75, 3.05) is 0 Å². The SMILES string of the molecule is C=C1CCC=C/C1=C/CC.